The molecule has 0 saturated heterocycles. The molecule has 2 rings (SSSR count). The predicted octanol–water partition coefficient (Wildman–Crippen LogP) is 4.16. The van der Waals surface area contributed by atoms with Gasteiger partial charge in [0.25, 0.3) is 0 Å². The van der Waals surface area contributed by atoms with Crippen molar-refractivity contribution in [2.24, 2.45) is 0 Å². The minimum atomic E-state index is -0.356. The molecule has 0 radical (unpaired) electrons. The van der Waals surface area contributed by atoms with E-state index in [-0.39, 0.29) is 11.4 Å². The fourth-order valence-corrected chi connectivity index (χ4v) is 2.83. The molecule has 0 unspecified atom stereocenters. The first-order valence-corrected chi connectivity index (χ1v) is 6.05. The van der Waals surface area contributed by atoms with Crippen molar-refractivity contribution in [2.45, 2.75) is 44.9 Å². The summed E-state index contributed by atoms with van der Waals surface area (Å²) in [5, 5.41) is 0. The van der Waals surface area contributed by atoms with Crippen molar-refractivity contribution in [1.29, 1.82) is 0 Å². The number of hydrogen-bond acceptors (Lipinski definition) is 1. The first-order valence-electron chi connectivity index (χ1n) is 5.26. The topological polar surface area (TPSA) is 12.9 Å². The average molecular weight is 272 g/mol. The van der Waals surface area contributed by atoms with Crippen LogP contribution in [-0.4, -0.2) is 4.98 Å². The van der Waals surface area contributed by atoms with E-state index in [1.165, 1.54) is 12.8 Å². The highest BCUT2D eigenvalue weighted by Crippen LogP contribution is 2.45. The fourth-order valence-electron chi connectivity index (χ4n) is 1.70. The Hall–Kier alpha value is -0.440. The summed E-state index contributed by atoms with van der Waals surface area (Å²) < 4.78 is 14.4. The Morgan fingerprint density at radius 3 is 2.47 bits per heavy atom. The molecule has 1 aliphatic rings. The van der Waals surface area contributed by atoms with E-state index in [2.05, 4.69) is 41.7 Å². The molecule has 1 aliphatic carbocycles. The Morgan fingerprint density at radius 1 is 1.40 bits per heavy atom. The van der Waals surface area contributed by atoms with Crippen molar-refractivity contribution in [3.8, 4) is 0 Å². The Morgan fingerprint density at radius 2 is 2.00 bits per heavy atom. The molecule has 1 heterocycles. The van der Waals surface area contributed by atoms with Gasteiger partial charge in [0, 0.05) is 9.89 Å². The third-order valence-electron chi connectivity index (χ3n) is 2.68. The molecule has 0 aromatic carbocycles. The molecule has 0 N–H and O–H groups in total. The molecule has 1 aromatic heterocycles. The van der Waals surface area contributed by atoms with Gasteiger partial charge in [-0.15, -0.1) is 0 Å². The van der Waals surface area contributed by atoms with Gasteiger partial charge in [0.15, 0.2) is 0 Å². The Kier molecular flexibility index (Phi) is 2.61. The number of halogens is 2. The molecule has 1 aromatic rings. The highest BCUT2D eigenvalue weighted by Gasteiger charge is 2.30. The minimum Gasteiger partial charge on any atom is -0.223 e. The van der Waals surface area contributed by atoms with Gasteiger partial charge in [-0.05, 0) is 46.3 Å². The second kappa shape index (κ2) is 3.55. The molecule has 0 amide bonds. The number of nitrogens with zero attached hydrogens (tertiary/aromatic N) is 1. The summed E-state index contributed by atoms with van der Waals surface area (Å²) in [6.45, 7) is 6.16. The largest absolute Gasteiger partial charge is 0.223 e. The van der Waals surface area contributed by atoms with E-state index in [4.69, 9.17) is 0 Å². The number of hydrogen-bond donors (Lipinski definition) is 0. The predicted molar refractivity (Wildman–Crippen MR) is 62.6 cm³/mol. The quantitative estimate of drug-likeness (QED) is 0.699. The minimum absolute atomic E-state index is 0.120. The molecule has 1 nitrogen and oxygen atoms in total. The molecule has 0 bridgehead atoms. The van der Waals surface area contributed by atoms with E-state index in [1.54, 1.807) is 6.07 Å². The zero-order valence-electron chi connectivity index (χ0n) is 9.27. The highest BCUT2D eigenvalue weighted by molar-refractivity contribution is 9.10. The molecule has 0 atom stereocenters. The van der Waals surface area contributed by atoms with Gasteiger partial charge in [0.2, 0.25) is 5.95 Å². The van der Waals surface area contributed by atoms with Crippen LogP contribution in [0.2, 0.25) is 0 Å². The van der Waals surface area contributed by atoms with Crippen LogP contribution in [0.1, 0.15) is 50.8 Å². The molecule has 1 saturated carbocycles. The third kappa shape index (κ3) is 2.22. The summed E-state index contributed by atoms with van der Waals surface area (Å²) in [6.07, 6.45) is 2.34. The van der Waals surface area contributed by atoms with Gasteiger partial charge in [-0.2, -0.15) is 4.39 Å². The number of rotatable bonds is 1. The van der Waals surface area contributed by atoms with Crippen molar-refractivity contribution in [3.63, 3.8) is 0 Å². The molecule has 82 valence electrons. The first kappa shape index (κ1) is 11.1. The lowest BCUT2D eigenvalue weighted by Gasteiger charge is -2.21. The highest BCUT2D eigenvalue weighted by atomic mass is 79.9. The first-order chi connectivity index (χ1) is 6.89. The second-order valence-electron chi connectivity index (χ2n) is 5.22. The maximum absolute atomic E-state index is 13.4. The van der Waals surface area contributed by atoms with Gasteiger partial charge in [-0.1, -0.05) is 20.8 Å². The Labute approximate surface area is 98.2 Å². The van der Waals surface area contributed by atoms with E-state index in [1.807, 2.05) is 0 Å². The second-order valence-corrected chi connectivity index (χ2v) is 6.01. The van der Waals surface area contributed by atoms with Crippen LogP contribution < -0.4 is 0 Å². The fraction of sp³-hybridized carbons (Fsp3) is 0.583. The molecular formula is C12H15BrFN. The molecule has 3 heteroatoms. The lowest BCUT2D eigenvalue weighted by Crippen LogP contribution is -2.16. The van der Waals surface area contributed by atoms with Crippen LogP contribution in [0.15, 0.2) is 10.5 Å². The van der Waals surface area contributed by atoms with Crippen molar-refractivity contribution < 1.29 is 4.39 Å². The van der Waals surface area contributed by atoms with Crippen LogP contribution in [-0.2, 0) is 5.41 Å². The summed E-state index contributed by atoms with van der Waals surface area (Å²) in [5.74, 6) is 0.183. The van der Waals surface area contributed by atoms with Crippen molar-refractivity contribution in [2.75, 3.05) is 0 Å². The lowest BCUT2D eigenvalue weighted by molar-refractivity contribution is 0.517. The van der Waals surface area contributed by atoms with Crippen LogP contribution in [0.3, 0.4) is 0 Å². The number of pyridine rings is 1. The van der Waals surface area contributed by atoms with Gasteiger partial charge in [-0.25, -0.2) is 4.98 Å². The molecule has 15 heavy (non-hydrogen) atoms. The monoisotopic (exact) mass is 271 g/mol. The number of aromatic nitrogens is 1. The van der Waals surface area contributed by atoms with Crippen molar-refractivity contribution in [3.05, 3.63) is 27.7 Å². The summed E-state index contributed by atoms with van der Waals surface area (Å²) >= 11 is 3.56. The third-order valence-corrected chi connectivity index (χ3v) is 3.52. The Bertz CT molecular complexity index is 391. The van der Waals surface area contributed by atoms with Gasteiger partial charge in [0.05, 0.1) is 5.69 Å². The smallest absolute Gasteiger partial charge is 0.213 e. The molecule has 0 aliphatic heterocycles. The normalized spacial score (nSPS) is 16.9. The van der Waals surface area contributed by atoms with Crippen LogP contribution in [0.5, 0.6) is 0 Å². The summed E-state index contributed by atoms with van der Waals surface area (Å²) in [6, 6.07) is 1.57. The van der Waals surface area contributed by atoms with Gasteiger partial charge >= 0.3 is 0 Å². The SMILES string of the molecule is CC(C)(C)c1nc(F)cc(C2CC2)c1Br. The van der Waals surface area contributed by atoms with Crippen molar-refractivity contribution in [1.82, 2.24) is 4.98 Å². The standard InChI is InChI=1S/C12H15BrFN/c1-12(2,3)11-10(13)8(7-4-5-7)6-9(14)15-11/h6-7H,4-5H2,1-3H3. The Balaban J connectivity index is 2.54. The van der Waals surface area contributed by atoms with E-state index in [0.717, 1.165) is 15.7 Å². The summed E-state index contributed by atoms with van der Waals surface area (Å²) in [5.41, 5.74) is 1.79. The van der Waals surface area contributed by atoms with E-state index in [0.29, 0.717) is 5.92 Å². The van der Waals surface area contributed by atoms with Crippen LogP contribution >= 0.6 is 15.9 Å². The summed E-state index contributed by atoms with van der Waals surface area (Å²) in [4.78, 5) is 4.00. The van der Waals surface area contributed by atoms with Crippen LogP contribution in [0.25, 0.3) is 0 Å². The zero-order valence-corrected chi connectivity index (χ0v) is 10.9. The van der Waals surface area contributed by atoms with E-state index < -0.39 is 0 Å². The summed E-state index contributed by atoms with van der Waals surface area (Å²) in [7, 11) is 0. The zero-order chi connectivity index (χ0) is 11.2. The van der Waals surface area contributed by atoms with Gasteiger partial charge < -0.3 is 0 Å². The molecule has 1 fully saturated rings. The van der Waals surface area contributed by atoms with E-state index >= 15 is 0 Å². The van der Waals surface area contributed by atoms with Gasteiger partial charge in [0.1, 0.15) is 0 Å². The van der Waals surface area contributed by atoms with Crippen molar-refractivity contribution >= 4 is 15.9 Å². The lowest BCUT2D eigenvalue weighted by atomic mass is 9.90. The maximum atomic E-state index is 13.4. The van der Waals surface area contributed by atoms with Crippen LogP contribution in [0, 0.1) is 5.95 Å². The average Bonchev–Trinajstić information content (AvgIpc) is 2.89. The van der Waals surface area contributed by atoms with Crippen LogP contribution in [0.4, 0.5) is 4.39 Å². The van der Waals surface area contributed by atoms with Gasteiger partial charge in [-0.3, -0.25) is 0 Å². The maximum Gasteiger partial charge on any atom is 0.213 e. The van der Waals surface area contributed by atoms with E-state index in [9.17, 15) is 4.39 Å². The molecular weight excluding hydrogens is 257 g/mol. The molecule has 0 spiro atoms.